The van der Waals surface area contributed by atoms with Crippen LogP contribution in [-0.4, -0.2) is 23.3 Å². The quantitative estimate of drug-likeness (QED) is 0.914. The zero-order chi connectivity index (χ0) is 17.1. The normalized spacial score (nSPS) is 42.2. The van der Waals surface area contributed by atoms with Gasteiger partial charge in [0.05, 0.1) is 18.7 Å². The van der Waals surface area contributed by atoms with E-state index in [-0.39, 0.29) is 5.84 Å². The summed E-state index contributed by atoms with van der Waals surface area (Å²) in [6, 6.07) is 14.7. The van der Waals surface area contributed by atoms with Gasteiger partial charge in [-0.15, -0.1) is 0 Å². The molecule has 1 aliphatic carbocycles. The zero-order valence-corrected chi connectivity index (χ0v) is 14.3. The summed E-state index contributed by atoms with van der Waals surface area (Å²) in [5, 5.41) is 19.4. The number of aliphatic imine (C=N–C) groups is 1. The molecule has 122 valence electrons. The van der Waals surface area contributed by atoms with E-state index in [1.165, 1.54) is 11.8 Å². The van der Waals surface area contributed by atoms with Crippen LogP contribution in [-0.2, 0) is 10.2 Å². The Morgan fingerprint density at radius 2 is 2.04 bits per heavy atom. The topological polar surface area (TPSA) is 95.2 Å². The average molecular weight is 338 g/mol. The molecule has 0 radical (unpaired) electrons. The molecule has 6 heteroatoms. The van der Waals surface area contributed by atoms with Crippen molar-refractivity contribution < 1.29 is 4.74 Å². The Balaban J connectivity index is 2.05. The Hall–Kier alpha value is -2.02. The molecule has 4 atom stereocenters. The summed E-state index contributed by atoms with van der Waals surface area (Å²) in [4.78, 5) is 4.53. The number of hydrogen-bond acceptors (Lipinski definition) is 6. The minimum absolute atomic E-state index is 0.248. The maximum absolute atomic E-state index is 10.3. The molecule has 2 heterocycles. The molecule has 1 aromatic carbocycles. The first-order chi connectivity index (χ1) is 11.6. The van der Waals surface area contributed by atoms with E-state index in [4.69, 9.17) is 10.5 Å². The Bertz CT molecular complexity index is 805. The van der Waals surface area contributed by atoms with Crippen LogP contribution in [0.5, 0.6) is 0 Å². The standard InChI is InChI=1S/C18H18N4OS/c1-2-8-15(13-6-4-3-5-7-13)16(11-19)14(21)22-18(17(15,16)12-20)23-9-10-24-18/h3-7H,2,8-10H2,1H3,(H2,21,22)/t15-,16-,17+,18+/m0/s1. The Morgan fingerprint density at radius 3 is 2.58 bits per heavy atom. The van der Waals surface area contributed by atoms with Crippen LogP contribution in [0.1, 0.15) is 25.3 Å². The fourth-order valence-electron chi connectivity index (χ4n) is 5.09. The van der Waals surface area contributed by atoms with Crippen molar-refractivity contribution in [1.82, 2.24) is 0 Å². The molecule has 0 aromatic heterocycles. The molecule has 1 saturated carbocycles. The first-order valence-corrected chi connectivity index (χ1v) is 9.13. The van der Waals surface area contributed by atoms with Crippen LogP contribution in [0, 0.1) is 33.5 Å². The summed E-state index contributed by atoms with van der Waals surface area (Å²) >= 11 is 1.50. The molecular formula is C18H18N4OS. The van der Waals surface area contributed by atoms with Gasteiger partial charge in [0.25, 0.3) is 0 Å². The largest absolute Gasteiger partial charge is 0.386 e. The molecule has 0 unspecified atom stereocenters. The molecule has 2 aliphatic heterocycles. The Kier molecular flexibility index (Phi) is 3.07. The fraction of sp³-hybridized carbons (Fsp3) is 0.500. The molecule has 2 N–H and O–H groups in total. The summed E-state index contributed by atoms with van der Waals surface area (Å²) in [7, 11) is 0. The highest BCUT2D eigenvalue weighted by molar-refractivity contribution is 8.00. The number of hydrogen-bond donors (Lipinski definition) is 1. The third-order valence-electron chi connectivity index (χ3n) is 5.81. The van der Waals surface area contributed by atoms with Crippen molar-refractivity contribution >= 4 is 17.6 Å². The Morgan fingerprint density at radius 1 is 1.29 bits per heavy atom. The summed E-state index contributed by atoms with van der Waals surface area (Å²) in [5.74, 6) is 0.997. The molecule has 4 rings (SSSR count). The number of nitrogens with two attached hydrogens (primary N) is 1. The molecule has 2 fully saturated rings. The summed E-state index contributed by atoms with van der Waals surface area (Å²) in [6.07, 6.45) is 1.54. The van der Waals surface area contributed by atoms with Gasteiger partial charge in [0.15, 0.2) is 10.8 Å². The molecular weight excluding hydrogens is 320 g/mol. The van der Waals surface area contributed by atoms with Crippen LogP contribution < -0.4 is 5.73 Å². The first-order valence-electron chi connectivity index (χ1n) is 8.14. The molecule has 24 heavy (non-hydrogen) atoms. The third-order valence-corrected chi connectivity index (χ3v) is 7.09. The second kappa shape index (κ2) is 4.75. The highest BCUT2D eigenvalue weighted by Gasteiger charge is 3.00. The van der Waals surface area contributed by atoms with Crippen LogP contribution in [0.4, 0.5) is 0 Å². The van der Waals surface area contributed by atoms with Gasteiger partial charge in [-0.1, -0.05) is 55.4 Å². The average Bonchev–Trinajstić information content (AvgIpc) is 2.85. The molecule has 3 aliphatic rings. The lowest BCUT2D eigenvalue weighted by molar-refractivity contribution is 0.0134. The van der Waals surface area contributed by atoms with Gasteiger partial charge in [0.1, 0.15) is 5.84 Å². The van der Waals surface area contributed by atoms with Gasteiger partial charge in [0.2, 0.25) is 5.06 Å². The SMILES string of the molecule is CCC[C@]1(c2ccccc2)[C@]2(C#N)C(N)=N[C@@]3(OCCS3)[C@@]21C#N. The number of rotatable bonds is 3. The van der Waals surface area contributed by atoms with Crippen molar-refractivity contribution in [3.05, 3.63) is 35.9 Å². The van der Waals surface area contributed by atoms with E-state index in [1.54, 1.807) is 0 Å². The highest BCUT2D eigenvalue weighted by atomic mass is 32.2. The smallest absolute Gasteiger partial charge is 0.231 e. The summed E-state index contributed by atoms with van der Waals surface area (Å²) in [6.45, 7) is 2.58. The van der Waals surface area contributed by atoms with E-state index in [2.05, 4.69) is 24.1 Å². The Labute approximate surface area is 145 Å². The minimum atomic E-state index is -1.12. The zero-order valence-electron chi connectivity index (χ0n) is 13.5. The number of fused-ring (bicyclic) bond motifs is 2. The number of thioether (sulfide) groups is 1. The number of benzene rings is 1. The van der Waals surface area contributed by atoms with Gasteiger partial charge in [-0.3, -0.25) is 0 Å². The van der Waals surface area contributed by atoms with Crippen molar-refractivity contribution in [2.24, 2.45) is 21.6 Å². The van der Waals surface area contributed by atoms with Crippen molar-refractivity contribution in [2.45, 2.75) is 30.2 Å². The van der Waals surface area contributed by atoms with E-state index < -0.39 is 21.3 Å². The van der Waals surface area contributed by atoms with Gasteiger partial charge in [-0.25, -0.2) is 4.99 Å². The number of amidine groups is 1. The summed E-state index contributed by atoms with van der Waals surface area (Å²) < 4.78 is 5.99. The van der Waals surface area contributed by atoms with Crippen molar-refractivity contribution in [3.8, 4) is 12.1 Å². The lowest BCUT2D eigenvalue weighted by Crippen LogP contribution is -2.39. The van der Waals surface area contributed by atoms with Crippen molar-refractivity contribution in [2.75, 3.05) is 12.4 Å². The van der Waals surface area contributed by atoms with Gasteiger partial charge in [-0.05, 0) is 12.0 Å². The van der Waals surface area contributed by atoms with Crippen molar-refractivity contribution in [1.29, 1.82) is 10.5 Å². The molecule has 1 aromatic rings. The van der Waals surface area contributed by atoms with E-state index in [0.29, 0.717) is 13.0 Å². The lowest BCUT2D eigenvalue weighted by atomic mass is 9.80. The molecule has 1 spiro atoms. The minimum Gasteiger partial charge on any atom is -0.386 e. The third kappa shape index (κ3) is 1.25. The van der Waals surface area contributed by atoms with Gasteiger partial charge in [-0.2, -0.15) is 10.5 Å². The van der Waals surface area contributed by atoms with Crippen LogP contribution in [0.3, 0.4) is 0 Å². The number of nitrogens with zero attached hydrogens (tertiary/aromatic N) is 3. The van der Waals surface area contributed by atoms with E-state index in [0.717, 1.165) is 17.7 Å². The summed E-state index contributed by atoms with van der Waals surface area (Å²) in [5.41, 5.74) is 4.40. The first kappa shape index (κ1) is 15.5. The van der Waals surface area contributed by atoms with Crippen LogP contribution >= 0.6 is 11.8 Å². The highest BCUT2D eigenvalue weighted by Crippen LogP contribution is 2.88. The fourth-order valence-corrected chi connectivity index (χ4v) is 6.45. The molecule has 1 saturated heterocycles. The predicted octanol–water partition coefficient (Wildman–Crippen LogP) is 2.55. The molecule has 5 nitrogen and oxygen atoms in total. The maximum atomic E-state index is 10.3. The van der Waals surface area contributed by atoms with Crippen molar-refractivity contribution in [3.63, 3.8) is 0 Å². The number of nitriles is 2. The van der Waals surface area contributed by atoms with Crippen LogP contribution in [0.15, 0.2) is 35.3 Å². The van der Waals surface area contributed by atoms with E-state index in [9.17, 15) is 10.5 Å². The van der Waals surface area contributed by atoms with Crippen LogP contribution in [0.25, 0.3) is 0 Å². The monoisotopic (exact) mass is 338 g/mol. The number of ether oxygens (including phenoxy) is 1. The predicted molar refractivity (Wildman–Crippen MR) is 91.9 cm³/mol. The van der Waals surface area contributed by atoms with Gasteiger partial charge < -0.3 is 10.5 Å². The van der Waals surface area contributed by atoms with E-state index >= 15 is 0 Å². The second-order valence-electron chi connectivity index (χ2n) is 6.52. The van der Waals surface area contributed by atoms with E-state index in [1.807, 2.05) is 30.3 Å². The maximum Gasteiger partial charge on any atom is 0.231 e. The lowest BCUT2D eigenvalue weighted by Gasteiger charge is -2.32. The second-order valence-corrected chi connectivity index (χ2v) is 7.77. The van der Waals surface area contributed by atoms with Gasteiger partial charge >= 0.3 is 0 Å². The molecule has 0 bridgehead atoms. The molecule has 0 amide bonds. The van der Waals surface area contributed by atoms with Crippen LogP contribution in [0.2, 0.25) is 0 Å². The van der Waals surface area contributed by atoms with Gasteiger partial charge in [0, 0.05) is 11.2 Å².